The minimum Gasteiger partial charge on any atom is -0.459 e. The third-order valence-electron chi connectivity index (χ3n) is 4.99. The lowest BCUT2D eigenvalue weighted by Gasteiger charge is -2.38. The minimum absolute atomic E-state index is 0.153. The van der Waals surface area contributed by atoms with Crippen molar-refractivity contribution in [2.45, 2.75) is 24.3 Å². The summed E-state index contributed by atoms with van der Waals surface area (Å²) in [5, 5.41) is 8.25. The van der Waals surface area contributed by atoms with Gasteiger partial charge in [-0.2, -0.15) is 0 Å². The number of furan rings is 1. The van der Waals surface area contributed by atoms with Crippen molar-refractivity contribution in [2.24, 2.45) is 0 Å². The van der Waals surface area contributed by atoms with Crippen LogP contribution >= 0.6 is 11.8 Å². The first-order chi connectivity index (χ1) is 14.1. The Bertz CT molecular complexity index is 997. The summed E-state index contributed by atoms with van der Waals surface area (Å²) in [5.74, 6) is -1.84. The number of hydrogen-bond donors (Lipinski definition) is 0. The molecule has 0 radical (unpaired) electrons. The number of likely N-dealkylation sites (tertiary alicyclic amines) is 1. The van der Waals surface area contributed by atoms with Gasteiger partial charge in [-0.25, -0.2) is 8.78 Å². The smallest absolute Gasteiger partial charge is 0.324 e. The third-order valence-corrected chi connectivity index (χ3v) is 6.33. The second kappa shape index (κ2) is 7.31. The second-order valence-electron chi connectivity index (χ2n) is 6.97. The summed E-state index contributed by atoms with van der Waals surface area (Å²) >= 11 is 1.60. The fourth-order valence-corrected chi connectivity index (χ4v) is 4.73. The van der Waals surface area contributed by atoms with Gasteiger partial charge in [-0.3, -0.25) is 9.80 Å². The van der Waals surface area contributed by atoms with Crippen LogP contribution in [0.25, 0.3) is 16.6 Å². The quantitative estimate of drug-likeness (QED) is 0.600. The van der Waals surface area contributed by atoms with E-state index in [9.17, 15) is 8.78 Å². The van der Waals surface area contributed by atoms with Crippen LogP contribution in [0.3, 0.4) is 0 Å². The van der Waals surface area contributed by atoms with Crippen LogP contribution in [-0.2, 0) is 0 Å². The number of alkyl halides is 2. The number of hydrogen-bond acceptors (Lipinski definition) is 7. The van der Waals surface area contributed by atoms with Crippen LogP contribution in [0.2, 0.25) is 0 Å². The van der Waals surface area contributed by atoms with Crippen molar-refractivity contribution in [1.29, 1.82) is 0 Å². The van der Waals surface area contributed by atoms with Gasteiger partial charge in [-0.15, -0.1) is 5.10 Å². The Hall–Kier alpha value is -2.65. The van der Waals surface area contributed by atoms with E-state index in [4.69, 9.17) is 8.83 Å². The zero-order valence-corrected chi connectivity index (χ0v) is 16.2. The van der Waals surface area contributed by atoms with E-state index in [1.165, 1.54) is 6.26 Å². The molecule has 4 heterocycles. The molecule has 0 amide bonds. The summed E-state index contributed by atoms with van der Waals surface area (Å²) in [7, 11) is 0. The molecule has 0 aliphatic carbocycles. The number of aromatic nitrogens is 2. The van der Waals surface area contributed by atoms with E-state index in [0.29, 0.717) is 24.9 Å². The van der Waals surface area contributed by atoms with Gasteiger partial charge in [0.1, 0.15) is 5.50 Å². The van der Waals surface area contributed by atoms with Crippen molar-refractivity contribution in [3.05, 3.63) is 60.5 Å². The number of piperidine rings is 1. The Morgan fingerprint density at radius 1 is 1.03 bits per heavy atom. The first-order valence-corrected chi connectivity index (χ1v) is 10.2. The highest BCUT2D eigenvalue weighted by Crippen LogP contribution is 2.44. The lowest BCUT2D eigenvalue weighted by atomic mass is 10.1. The molecule has 1 atom stereocenters. The van der Waals surface area contributed by atoms with Gasteiger partial charge < -0.3 is 8.83 Å². The number of halogens is 2. The predicted molar refractivity (Wildman–Crippen MR) is 106 cm³/mol. The Morgan fingerprint density at radius 3 is 2.55 bits per heavy atom. The monoisotopic (exact) mass is 416 g/mol. The maximum absolute atomic E-state index is 13.7. The molecule has 2 aliphatic heterocycles. The molecule has 5 rings (SSSR count). The molecular formula is C20H18F2N4O2S. The van der Waals surface area contributed by atoms with Crippen LogP contribution in [0.5, 0.6) is 0 Å². The third kappa shape index (κ3) is 3.67. The second-order valence-corrected chi connectivity index (χ2v) is 8.07. The van der Waals surface area contributed by atoms with Gasteiger partial charge in [0.2, 0.25) is 0 Å². The molecule has 2 aliphatic rings. The molecule has 150 valence electrons. The van der Waals surface area contributed by atoms with Crippen molar-refractivity contribution >= 4 is 22.7 Å². The van der Waals surface area contributed by atoms with Crippen LogP contribution in [0.15, 0.2) is 63.8 Å². The molecule has 1 aromatic carbocycles. The molecule has 9 heteroatoms. The summed E-state index contributed by atoms with van der Waals surface area (Å²) < 4.78 is 38.5. The lowest BCUT2D eigenvalue weighted by Crippen LogP contribution is -2.48. The maximum Gasteiger partial charge on any atom is 0.324 e. The topological polar surface area (TPSA) is 58.5 Å². The standard InChI is InChI=1S/C20H18F2N4O2S/c21-20(22)8-10-25(11-9-20)19-26(13-16(29-19)14-5-2-1-3-6-14)18-24-23-17(28-18)15-7-4-12-27-15/h1-7,12-13,19H,8-11H2. The Balaban J connectivity index is 1.46. The van der Waals surface area contributed by atoms with Crippen LogP contribution in [0.1, 0.15) is 18.4 Å². The molecule has 1 fully saturated rings. The Morgan fingerprint density at radius 2 is 1.83 bits per heavy atom. The van der Waals surface area contributed by atoms with Gasteiger partial charge in [0.25, 0.3) is 11.8 Å². The Labute approximate surface area is 170 Å². The molecular weight excluding hydrogens is 398 g/mol. The van der Waals surface area contributed by atoms with Crippen molar-refractivity contribution < 1.29 is 17.6 Å². The van der Waals surface area contributed by atoms with Crippen LogP contribution in [0.4, 0.5) is 14.8 Å². The highest BCUT2D eigenvalue weighted by molar-refractivity contribution is 8.09. The summed E-state index contributed by atoms with van der Waals surface area (Å²) in [6.07, 6.45) is 3.17. The van der Waals surface area contributed by atoms with Crippen LogP contribution in [0, 0.1) is 0 Å². The summed E-state index contributed by atoms with van der Waals surface area (Å²) in [6.45, 7) is 0.604. The normalized spacial score (nSPS) is 22.1. The van der Waals surface area contributed by atoms with Gasteiger partial charge in [-0.05, 0) is 17.7 Å². The van der Waals surface area contributed by atoms with Crippen molar-refractivity contribution in [3.8, 4) is 11.7 Å². The van der Waals surface area contributed by atoms with Crippen molar-refractivity contribution in [3.63, 3.8) is 0 Å². The number of benzene rings is 1. The van der Waals surface area contributed by atoms with Gasteiger partial charge in [0.05, 0.1) is 6.26 Å². The Kier molecular flexibility index (Phi) is 4.63. The van der Waals surface area contributed by atoms with E-state index in [0.717, 1.165) is 10.5 Å². The molecule has 0 N–H and O–H groups in total. The molecule has 1 unspecified atom stereocenters. The highest BCUT2D eigenvalue weighted by Gasteiger charge is 2.41. The molecule has 2 aromatic heterocycles. The summed E-state index contributed by atoms with van der Waals surface area (Å²) in [4.78, 5) is 4.91. The fraction of sp³-hybridized carbons (Fsp3) is 0.300. The lowest BCUT2D eigenvalue weighted by molar-refractivity contribution is -0.0567. The van der Waals surface area contributed by atoms with Crippen LogP contribution in [-0.4, -0.2) is 39.6 Å². The SMILES string of the molecule is FC1(F)CCN(C2SC(c3ccccc3)=CN2c2nnc(-c3ccco3)o2)CC1. The zero-order valence-electron chi connectivity index (χ0n) is 15.4. The van der Waals surface area contributed by atoms with E-state index < -0.39 is 5.92 Å². The number of nitrogens with zero attached hydrogens (tertiary/aromatic N) is 4. The van der Waals surface area contributed by atoms with E-state index in [1.54, 1.807) is 23.9 Å². The molecule has 0 spiro atoms. The van der Waals surface area contributed by atoms with E-state index in [-0.39, 0.29) is 24.2 Å². The van der Waals surface area contributed by atoms with Crippen molar-refractivity contribution in [2.75, 3.05) is 18.0 Å². The largest absolute Gasteiger partial charge is 0.459 e. The number of rotatable bonds is 4. The highest BCUT2D eigenvalue weighted by atomic mass is 32.2. The molecule has 0 bridgehead atoms. The molecule has 1 saturated heterocycles. The minimum atomic E-state index is -2.60. The van der Waals surface area contributed by atoms with Crippen LogP contribution < -0.4 is 4.90 Å². The first kappa shape index (κ1) is 18.4. The number of anilines is 1. The molecule has 3 aromatic rings. The average molecular weight is 416 g/mol. The van der Waals surface area contributed by atoms with E-state index >= 15 is 0 Å². The van der Waals surface area contributed by atoms with Gasteiger partial charge in [0.15, 0.2) is 5.76 Å². The van der Waals surface area contributed by atoms with Gasteiger partial charge in [0, 0.05) is 37.0 Å². The summed E-state index contributed by atoms with van der Waals surface area (Å²) in [5.41, 5.74) is 0.823. The van der Waals surface area contributed by atoms with E-state index in [2.05, 4.69) is 10.2 Å². The molecule has 6 nitrogen and oxygen atoms in total. The molecule has 0 saturated carbocycles. The van der Waals surface area contributed by atoms with Crippen molar-refractivity contribution in [1.82, 2.24) is 15.1 Å². The van der Waals surface area contributed by atoms with E-state index in [1.807, 2.05) is 46.3 Å². The first-order valence-electron chi connectivity index (χ1n) is 9.31. The van der Waals surface area contributed by atoms with Gasteiger partial charge >= 0.3 is 6.01 Å². The molecule has 29 heavy (non-hydrogen) atoms. The maximum atomic E-state index is 13.7. The number of thioether (sulfide) groups is 1. The zero-order chi connectivity index (χ0) is 19.8. The summed E-state index contributed by atoms with van der Waals surface area (Å²) in [6, 6.07) is 13.7. The average Bonchev–Trinajstić information content (AvgIpc) is 3.48. The fourth-order valence-electron chi connectivity index (χ4n) is 3.43. The predicted octanol–water partition coefficient (Wildman–Crippen LogP) is 4.90. The van der Waals surface area contributed by atoms with Gasteiger partial charge in [-0.1, -0.05) is 47.2 Å².